The third-order valence-corrected chi connectivity index (χ3v) is 8.72. The van der Waals surface area contributed by atoms with E-state index in [2.05, 4.69) is 0 Å². The van der Waals surface area contributed by atoms with Crippen molar-refractivity contribution < 1.29 is 17.9 Å². The molecule has 2 aromatic rings. The van der Waals surface area contributed by atoms with Crippen molar-refractivity contribution in [3.8, 4) is 11.5 Å². The van der Waals surface area contributed by atoms with Crippen molar-refractivity contribution >= 4 is 55.7 Å². The maximum Gasteiger partial charge on any atom is 0.164 e. The Hall–Kier alpha value is -1.61. The van der Waals surface area contributed by atoms with Gasteiger partial charge in [-0.2, -0.15) is 0 Å². The standard InChI is InChI=1S/C20H18Cl2N2O4S2/c21-14-2-1-3-15(22)13(14)9-29-20-23-16-10-30(25,26)11-17(16)24(20)12-4-5-18-19(8-12)28-7-6-27-18/h1-5,8,16-17H,6-7,9-11H2/t16-,17-/m1/s1. The molecule has 0 unspecified atom stereocenters. The predicted octanol–water partition coefficient (Wildman–Crippen LogP) is 4.04. The lowest BCUT2D eigenvalue weighted by atomic mass is 10.1. The van der Waals surface area contributed by atoms with Gasteiger partial charge in [-0.25, -0.2) is 8.42 Å². The van der Waals surface area contributed by atoms with Crippen molar-refractivity contribution in [2.75, 3.05) is 29.6 Å². The van der Waals surface area contributed by atoms with Gasteiger partial charge in [0, 0.05) is 27.6 Å². The van der Waals surface area contributed by atoms with Crippen LogP contribution in [-0.2, 0) is 15.6 Å². The fourth-order valence-electron chi connectivity index (χ4n) is 3.92. The third kappa shape index (κ3) is 3.75. The number of benzene rings is 2. The summed E-state index contributed by atoms with van der Waals surface area (Å²) in [6.45, 7) is 0.998. The summed E-state index contributed by atoms with van der Waals surface area (Å²) in [5.41, 5.74) is 1.67. The molecule has 6 nitrogen and oxygen atoms in total. The van der Waals surface area contributed by atoms with Crippen LogP contribution in [0.5, 0.6) is 11.5 Å². The fraction of sp³-hybridized carbons (Fsp3) is 0.350. The number of anilines is 1. The number of fused-ring (bicyclic) bond motifs is 2. The first kappa shape index (κ1) is 20.3. The first-order valence-corrected chi connectivity index (χ1v) is 13.0. The van der Waals surface area contributed by atoms with Gasteiger partial charge in [-0.1, -0.05) is 41.0 Å². The van der Waals surface area contributed by atoms with Crippen molar-refractivity contribution in [3.05, 3.63) is 52.0 Å². The number of nitrogens with zero attached hydrogens (tertiary/aromatic N) is 2. The second kappa shape index (κ2) is 7.82. The number of rotatable bonds is 3. The van der Waals surface area contributed by atoms with Gasteiger partial charge in [-0.3, -0.25) is 4.99 Å². The second-order valence-electron chi connectivity index (χ2n) is 7.31. The van der Waals surface area contributed by atoms with Crippen LogP contribution in [0.3, 0.4) is 0 Å². The summed E-state index contributed by atoms with van der Waals surface area (Å²) in [5.74, 6) is 2.02. The van der Waals surface area contributed by atoms with Crippen LogP contribution in [0, 0.1) is 0 Å². The molecule has 3 aliphatic rings. The molecule has 3 heterocycles. The molecule has 1 fully saturated rings. The topological polar surface area (TPSA) is 68.2 Å². The van der Waals surface area contributed by atoms with Crippen LogP contribution in [0.15, 0.2) is 41.4 Å². The minimum atomic E-state index is -3.12. The molecule has 0 saturated carbocycles. The predicted molar refractivity (Wildman–Crippen MR) is 121 cm³/mol. The molecule has 0 N–H and O–H groups in total. The highest BCUT2D eigenvalue weighted by molar-refractivity contribution is 8.13. The van der Waals surface area contributed by atoms with Gasteiger partial charge in [0.15, 0.2) is 26.5 Å². The number of aliphatic imine (C=N–C) groups is 1. The Kier molecular flexibility index (Phi) is 5.29. The first-order valence-electron chi connectivity index (χ1n) is 9.44. The summed E-state index contributed by atoms with van der Waals surface area (Å²) < 4.78 is 35.8. The molecule has 0 bridgehead atoms. The molecule has 10 heteroatoms. The van der Waals surface area contributed by atoms with Gasteiger partial charge >= 0.3 is 0 Å². The van der Waals surface area contributed by atoms with E-state index in [-0.39, 0.29) is 23.6 Å². The van der Waals surface area contributed by atoms with Gasteiger partial charge in [0.05, 0.1) is 23.6 Å². The monoisotopic (exact) mass is 484 g/mol. The Labute approximate surface area is 189 Å². The Morgan fingerprint density at radius 1 is 1.07 bits per heavy atom. The molecule has 2 atom stereocenters. The van der Waals surface area contributed by atoms with Crippen molar-refractivity contribution in [1.82, 2.24) is 0 Å². The molecule has 3 aliphatic heterocycles. The van der Waals surface area contributed by atoms with Crippen LogP contribution in [0.2, 0.25) is 10.0 Å². The average Bonchev–Trinajstić information content (AvgIpc) is 3.18. The van der Waals surface area contributed by atoms with Crippen LogP contribution < -0.4 is 14.4 Å². The van der Waals surface area contributed by atoms with Crippen molar-refractivity contribution in [2.45, 2.75) is 17.8 Å². The molecule has 0 spiro atoms. The largest absolute Gasteiger partial charge is 0.486 e. The lowest BCUT2D eigenvalue weighted by molar-refractivity contribution is 0.171. The summed E-state index contributed by atoms with van der Waals surface area (Å²) in [5, 5.41) is 1.96. The Balaban J connectivity index is 1.47. The minimum absolute atomic E-state index is 0.0651. The van der Waals surface area contributed by atoms with Crippen molar-refractivity contribution in [1.29, 1.82) is 0 Å². The summed E-state index contributed by atoms with van der Waals surface area (Å²) in [6.07, 6.45) is 0. The highest BCUT2D eigenvalue weighted by atomic mass is 35.5. The molecule has 5 rings (SSSR count). The number of ether oxygens (including phenoxy) is 2. The quantitative estimate of drug-likeness (QED) is 0.654. The van der Waals surface area contributed by atoms with E-state index in [9.17, 15) is 8.42 Å². The molecule has 30 heavy (non-hydrogen) atoms. The van der Waals surface area contributed by atoms with Gasteiger partial charge in [-0.05, 0) is 29.8 Å². The van der Waals surface area contributed by atoms with Gasteiger partial charge in [-0.15, -0.1) is 0 Å². The number of amidine groups is 1. The van der Waals surface area contributed by atoms with E-state index in [0.717, 1.165) is 16.4 Å². The lowest BCUT2D eigenvalue weighted by Gasteiger charge is -2.28. The van der Waals surface area contributed by atoms with Gasteiger partial charge in [0.25, 0.3) is 0 Å². The van der Waals surface area contributed by atoms with E-state index in [0.29, 0.717) is 40.5 Å². The summed E-state index contributed by atoms with van der Waals surface area (Å²) in [6, 6.07) is 10.6. The van der Waals surface area contributed by atoms with E-state index in [1.807, 2.05) is 29.2 Å². The van der Waals surface area contributed by atoms with E-state index in [1.54, 1.807) is 12.1 Å². The highest BCUT2D eigenvalue weighted by Crippen LogP contribution is 2.41. The first-order chi connectivity index (χ1) is 14.4. The SMILES string of the molecule is O=S1(=O)C[C@@H]2[C@@H](C1)N=C(SCc1c(Cl)cccc1Cl)N2c1ccc2c(c1)OCCO2. The molecule has 0 aliphatic carbocycles. The van der Waals surface area contributed by atoms with E-state index >= 15 is 0 Å². The smallest absolute Gasteiger partial charge is 0.164 e. The molecule has 158 valence electrons. The van der Waals surface area contributed by atoms with E-state index < -0.39 is 9.84 Å². The van der Waals surface area contributed by atoms with Crippen molar-refractivity contribution in [2.24, 2.45) is 4.99 Å². The summed E-state index contributed by atoms with van der Waals surface area (Å²) in [7, 11) is -3.12. The Bertz CT molecular complexity index is 1120. The van der Waals surface area contributed by atoms with Gasteiger partial charge in [0.1, 0.15) is 13.2 Å². The fourth-order valence-corrected chi connectivity index (χ4v) is 7.63. The van der Waals surface area contributed by atoms with Crippen LogP contribution in [0.4, 0.5) is 5.69 Å². The molecular weight excluding hydrogens is 467 g/mol. The normalized spacial score (nSPS) is 23.9. The summed E-state index contributed by atoms with van der Waals surface area (Å²) in [4.78, 5) is 6.76. The van der Waals surface area contributed by atoms with Crippen molar-refractivity contribution in [3.63, 3.8) is 0 Å². The van der Waals surface area contributed by atoms with Gasteiger partial charge < -0.3 is 14.4 Å². The minimum Gasteiger partial charge on any atom is -0.486 e. The van der Waals surface area contributed by atoms with Crippen LogP contribution in [0.1, 0.15) is 5.56 Å². The van der Waals surface area contributed by atoms with E-state index in [1.165, 1.54) is 11.8 Å². The second-order valence-corrected chi connectivity index (χ2v) is 11.2. The molecular formula is C20H18Cl2N2O4S2. The third-order valence-electron chi connectivity index (χ3n) is 5.32. The number of thioether (sulfide) groups is 1. The lowest BCUT2D eigenvalue weighted by Crippen LogP contribution is -2.39. The van der Waals surface area contributed by atoms with Crippen LogP contribution >= 0.6 is 35.0 Å². The zero-order valence-corrected chi connectivity index (χ0v) is 18.9. The molecule has 2 aromatic carbocycles. The summed E-state index contributed by atoms with van der Waals surface area (Å²) >= 11 is 14.1. The van der Waals surface area contributed by atoms with E-state index in [4.69, 9.17) is 37.7 Å². The number of halogens is 2. The number of sulfone groups is 1. The Morgan fingerprint density at radius 2 is 1.80 bits per heavy atom. The molecule has 0 amide bonds. The molecule has 1 saturated heterocycles. The maximum absolute atomic E-state index is 12.2. The maximum atomic E-state index is 12.2. The van der Waals surface area contributed by atoms with Crippen LogP contribution in [-0.4, -0.2) is 50.4 Å². The molecule has 0 aromatic heterocycles. The zero-order valence-electron chi connectivity index (χ0n) is 15.8. The average molecular weight is 485 g/mol. The number of hydrogen-bond acceptors (Lipinski definition) is 7. The van der Waals surface area contributed by atoms with Gasteiger partial charge in [0.2, 0.25) is 0 Å². The number of hydrogen-bond donors (Lipinski definition) is 0. The zero-order chi connectivity index (χ0) is 20.9. The molecule has 0 radical (unpaired) electrons. The highest BCUT2D eigenvalue weighted by Gasteiger charge is 2.47. The van der Waals surface area contributed by atoms with Crippen LogP contribution in [0.25, 0.3) is 0 Å². The Morgan fingerprint density at radius 3 is 2.57 bits per heavy atom.